The molecule has 1 saturated carbocycles. The van der Waals surface area contributed by atoms with Gasteiger partial charge in [-0.05, 0) is 63.5 Å². The predicted octanol–water partition coefficient (Wildman–Crippen LogP) is 4.81. The van der Waals surface area contributed by atoms with E-state index in [1.807, 2.05) is 26.8 Å². The first-order chi connectivity index (χ1) is 16.5. The largest absolute Gasteiger partial charge is 0.243 e. The molecule has 0 unspecified atom stereocenters. The Balaban J connectivity index is 1.85. The molecule has 0 aromatic heterocycles. The molecule has 0 amide bonds. The van der Waals surface area contributed by atoms with Crippen molar-refractivity contribution in [3.63, 3.8) is 0 Å². The van der Waals surface area contributed by atoms with Crippen LogP contribution in [0.1, 0.15) is 43.7 Å². The van der Waals surface area contributed by atoms with Gasteiger partial charge in [0.1, 0.15) is 0 Å². The highest BCUT2D eigenvalue weighted by Crippen LogP contribution is 2.36. The Hall–Kier alpha value is -2.26. The third-order valence-corrected chi connectivity index (χ3v) is 10.9. The second kappa shape index (κ2) is 10.0. The third kappa shape index (κ3) is 5.16. The average Bonchev–Trinajstić information content (AvgIpc) is 2.80. The van der Waals surface area contributed by atoms with Crippen molar-refractivity contribution in [2.24, 2.45) is 0 Å². The number of rotatable bonds is 5. The number of fused-ring (bicyclic) bond motifs is 1. The van der Waals surface area contributed by atoms with E-state index in [-0.39, 0.29) is 22.9 Å². The molecule has 0 spiro atoms. The summed E-state index contributed by atoms with van der Waals surface area (Å²) in [7, 11) is -7.70. The van der Waals surface area contributed by atoms with Crippen LogP contribution in [0.5, 0.6) is 0 Å². The lowest BCUT2D eigenvalue weighted by Gasteiger charge is -2.45. The molecule has 2 aromatic carbocycles. The molecule has 35 heavy (non-hydrogen) atoms. The number of sulfonamides is 2. The minimum Gasteiger partial charge on any atom is -0.207 e. The molecule has 8 heteroatoms. The molecule has 188 valence electrons. The van der Waals surface area contributed by atoms with Crippen LogP contribution in [0.3, 0.4) is 0 Å². The molecule has 1 aliphatic heterocycles. The van der Waals surface area contributed by atoms with Gasteiger partial charge in [0.25, 0.3) is 0 Å². The van der Waals surface area contributed by atoms with Crippen molar-refractivity contribution in [1.82, 2.24) is 8.61 Å². The molecular weight excluding hydrogens is 480 g/mol. The fraction of sp³-hybridized carbons (Fsp3) is 0.407. The van der Waals surface area contributed by atoms with E-state index < -0.39 is 32.1 Å². The molecule has 0 N–H and O–H groups in total. The summed E-state index contributed by atoms with van der Waals surface area (Å²) >= 11 is 0. The van der Waals surface area contributed by atoms with Gasteiger partial charge < -0.3 is 0 Å². The fourth-order valence-electron chi connectivity index (χ4n) is 4.99. The van der Waals surface area contributed by atoms with E-state index in [4.69, 9.17) is 0 Å². The summed E-state index contributed by atoms with van der Waals surface area (Å²) in [6.07, 6.45) is 4.77. The van der Waals surface area contributed by atoms with Crippen LogP contribution < -0.4 is 0 Å². The van der Waals surface area contributed by atoms with Gasteiger partial charge in [0.15, 0.2) is 0 Å². The fourth-order valence-corrected chi connectivity index (χ4v) is 8.28. The van der Waals surface area contributed by atoms with Crippen LogP contribution in [0.25, 0.3) is 0 Å². The smallest absolute Gasteiger partial charge is 0.207 e. The van der Waals surface area contributed by atoms with Gasteiger partial charge in [-0.25, -0.2) is 16.8 Å². The minimum absolute atomic E-state index is 0.186. The summed E-state index contributed by atoms with van der Waals surface area (Å²) in [5, 5.41) is 0. The number of hydrogen-bond donors (Lipinski definition) is 0. The van der Waals surface area contributed by atoms with Crippen molar-refractivity contribution >= 4 is 20.0 Å². The summed E-state index contributed by atoms with van der Waals surface area (Å²) in [6, 6.07) is 12.8. The van der Waals surface area contributed by atoms with Crippen LogP contribution in [0, 0.1) is 13.8 Å². The Morgan fingerprint density at radius 3 is 1.66 bits per heavy atom. The summed E-state index contributed by atoms with van der Waals surface area (Å²) in [5.74, 6) is 0. The molecule has 1 fully saturated rings. The zero-order valence-corrected chi connectivity index (χ0v) is 22.3. The Bertz CT molecular complexity index is 1330. The van der Waals surface area contributed by atoms with E-state index in [1.165, 1.54) is 8.61 Å². The molecule has 2 atom stereocenters. The Labute approximate surface area is 210 Å². The zero-order valence-electron chi connectivity index (χ0n) is 20.6. The van der Waals surface area contributed by atoms with Gasteiger partial charge >= 0.3 is 0 Å². The van der Waals surface area contributed by atoms with Crippen LogP contribution in [0.15, 0.2) is 82.1 Å². The van der Waals surface area contributed by atoms with E-state index in [2.05, 4.69) is 6.58 Å². The normalized spacial score (nSPS) is 24.0. The predicted molar refractivity (Wildman–Crippen MR) is 139 cm³/mol. The van der Waals surface area contributed by atoms with Gasteiger partial charge in [-0.3, -0.25) is 0 Å². The standard InChI is InChI=1S/C27H34N2O4S2/c1-20(2)23-17-18-28(34(30,31)24-13-9-21(3)10-14-24)26-7-5-6-8-27(26)29(19-23)35(32,33)25-15-11-22(4)12-16-25/h9-17,26-27H,1,5-8,18-19H2,2-4H3/b23-17+/t26-,27+/m0/s1. The summed E-state index contributed by atoms with van der Waals surface area (Å²) in [5.41, 5.74) is 3.43. The van der Waals surface area contributed by atoms with Gasteiger partial charge in [-0.2, -0.15) is 8.61 Å². The zero-order chi connectivity index (χ0) is 25.4. The van der Waals surface area contributed by atoms with Gasteiger partial charge in [0.2, 0.25) is 20.0 Å². The van der Waals surface area contributed by atoms with E-state index in [9.17, 15) is 16.8 Å². The van der Waals surface area contributed by atoms with E-state index in [0.717, 1.165) is 35.1 Å². The van der Waals surface area contributed by atoms with E-state index in [0.29, 0.717) is 12.8 Å². The highest BCUT2D eigenvalue weighted by atomic mass is 32.2. The molecule has 2 aliphatic rings. The summed E-state index contributed by atoms with van der Waals surface area (Å²) < 4.78 is 58.7. The van der Waals surface area contributed by atoms with Gasteiger partial charge in [-0.15, -0.1) is 0 Å². The maximum Gasteiger partial charge on any atom is 0.243 e. The van der Waals surface area contributed by atoms with Crippen molar-refractivity contribution in [3.05, 3.63) is 83.5 Å². The number of hydrogen-bond acceptors (Lipinski definition) is 4. The second-order valence-electron chi connectivity index (χ2n) is 9.68. The lowest BCUT2D eigenvalue weighted by molar-refractivity contribution is 0.151. The Morgan fingerprint density at radius 2 is 1.20 bits per heavy atom. The Kier molecular flexibility index (Phi) is 7.38. The highest BCUT2D eigenvalue weighted by Gasteiger charge is 2.44. The first-order valence-corrected chi connectivity index (χ1v) is 14.9. The van der Waals surface area contributed by atoms with Crippen LogP contribution in [-0.4, -0.2) is 50.6 Å². The molecule has 0 radical (unpaired) electrons. The first-order valence-electron chi connectivity index (χ1n) is 12.0. The van der Waals surface area contributed by atoms with Crippen LogP contribution in [0.2, 0.25) is 0 Å². The van der Waals surface area contributed by atoms with E-state index in [1.54, 1.807) is 48.5 Å². The molecule has 0 saturated heterocycles. The van der Waals surface area contributed by atoms with Crippen molar-refractivity contribution in [3.8, 4) is 0 Å². The lowest BCUT2D eigenvalue weighted by Crippen LogP contribution is -2.57. The maximum absolute atomic E-state index is 14.0. The average molecular weight is 515 g/mol. The van der Waals surface area contributed by atoms with Gasteiger partial charge in [0, 0.05) is 25.2 Å². The van der Waals surface area contributed by atoms with Crippen LogP contribution in [-0.2, 0) is 20.0 Å². The van der Waals surface area contributed by atoms with Gasteiger partial charge in [-0.1, -0.05) is 66.5 Å². The van der Waals surface area contributed by atoms with Crippen LogP contribution >= 0.6 is 0 Å². The molecular formula is C27H34N2O4S2. The molecule has 1 heterocycles. The van der Waals surface area contributed by atoms with Gasteiger partial charge in [0.05, 0.1) is 9.79 Å². The highest BCUT2D eigenvalue weighted by molar-refractivity contribution is 7.89. The van der Waals surface area contributed by atoms with E-state index >= 15 is 0 Å². The number of benzene rings is 2. The molecule has 1 aliphatic carbocycles. The second-order valence-corrected chi connectivity index (χ2v) is 13.5. The monoisotopic (exact) mass is 514 g/mol. The SMILES string of the molecule is C=C(C)/C1=C/CN(S(=O)(=O)c2ccc(C)cc2)[C@H]2CCCC[C@H]2N(S(=O)(=O)c2ccc(C)cc2)C1. The van der Waals surface area contributed by atoms with Crippen molar-refractivity contribution in [1.29, 1.82) is 0 Å². The molecule has 6 nitrogen and oxygen atoms in total. The first kappa shape index (κ1) is 25.8. The van der Waals surface area contributed by atoms with Crippen molar-refractivity contribution in [2.75, 3.05) is 13.1 Å². The van der Waals surface area contributed by atoms with Crippen molar-refractivity contribution in [2.45, 2.75) is 68.3 Å². The summed E-state index contributed by atoms with van der Waals surface area (Å²) in [6.45, 7) is 10.1. The lowest BCUT2D eigenvalue weighted by atomic mass is 9.89. The Morgan fingerprint density at radius 1 is 0.771 bits per heavy atom. The van der Waals surface area contributed by atoms with Crippen molar-refractivity contribution < 1.29 is 16.8 Å². The molecule has 4 rings (SSSR count). The topological polar surface area (TPSA) is 74.8 Å². The number of nitrogens with zero attached hydrogens (tertiary/aromatic N) is 2. The third-order valence-electron chi connectivity index (χ3n) is 7.08. The molecule has 0 bridgehead atoms. The number of aryl methyl sites for hydroxylation is 2. The minimum atomic E-state index is -3.86. The molecule has 2 aromatic rings. The van der Waals surface area contributed by atoms with Crippen LogP contribution in [0.4, 0.5) is 0 Å². The quantitative estimate of drug-likeness (QED) is 0.574. The summed E-state index contributed by atoms with van der Waals surface area (Å²) in [4.78, 5) is 0.452. The maximum atomic E-state index is 14.0.